The van der Waals surface area contributed by atoms with Crippen LogP contribution in [0.5, 0.6) is 0 Å². The molecule has 1 aliphatic carbocycles. The molecule has 0 saturated heterocycles. The van der Waals surface area contributed by atoms with E-state index in [0.29, 0.717) is 35.4 Å². The van der Waals surface area contributed by atoms with Gasteiger partial charge in [0.05, 0.1) is 41.0 Å². The molecule has 1 atom stereocenters. The minimum atomic E-state index is -0.910. The maximum atomic E-state index is 12.8. The van der Waals surface area contributed by atoms with Crippen molar-refractivity contribution in [3.05, 3.63) is 83.6 Å². The zero-order chi connectivity index (χ0) is 22.9. The lowest BCUT2D eigenvalue weighted by Crippen LogP contribution is -2.17. The number of carbonyl (C=O) groups excluding carboxylic acids is 2. The molecule has 8 nitrogen and oxygen atoms in total. The quantitative estimate of drug-likeness (QED) is 0.455. The Morgan fingerprint density at radius 2 is 1.97 bits per heavy atom. The van der Waals surface area contributed by atoms with Crippen LogP contribution in [0.1, 0.15) is 57.3 Å². The van der Waals surface area contributed by atoms with Gasteiger partial charge in [-0.25, -0.2) is 4.98 Å². The molecule has 1 aliphatic rings. The van der Waals surface area contributed by atoms with E-state index in [1.807, 2.05) is 34.9 Å². The van der Waals surface area contributed by atoms with E-state index < -0.39 is 17.9 Å². The van der Waals surface area contributed by atoms with Crippen LogP contribution in [0.25, 0.3) is 11.0 Å². The predicted octanol–water partition coefficient (Wildman–Crippen LogP) is 4.46. The standard InChI is InChI=1S/C25H21N3O5/c29-21-7-4-8-22-24(21)17(13-33-22)25(32)27-16-9-10-19-18(11-16)26-14-28(19)20(12-23(30)31)15-5-2-1-3-6-15/h1-3,5-6,9-11,13-14,20H,4,7-8,12H2,(H,27,32)(H,30,31). The first-order chi connectivity index (χ1) is 16.0. The number of benzene rings is 2. The second-order valence-electron chi connectivity index (χ2n) is 8.06. The smallest absolute Gasteiger partial charge is 0.305 e. The lowest BCUT2D eigenvalue weighted by atomic mass is 9.94. The first-order valence-corrected chi connectivity index (χ1v) is 10.7. The number of aliphatic carboxylic acids is 1. The molecule has 1 unspecified atom stereocenters. The Balaban J connectivity index is 1.44. The Hall–Kier alpha value is -4.20. The van der Waals surface area contributed by atoms with Crippen molar-refractivity contribution in [2.45, 2.75) is 31.7 Å². The number of hydrogen-bond acceptors (Lipinski definition) is 5. The van der Waals surface area contributed by atoms with Crippen molar-refractivity contribution in [1.82, 2.24) is 9.55 Å². The number of nitrogens with zero attached hydrogens (tertiary/aromatic N) is 2. The zero-order valence-electron chi connectivity index (χ0n) is 17.7. The Morgan fingerprint density at radius 1 is 1.15 bits per heavy atom. The van der Waals surface area contributed by atoms with Crippen molar-refractivity contribution in [3.8, 4) is 0 Å². The monoisotopic (exact) mass is 443 g/mol. The molecule has 0 saturated carbocycles. The molecule has 166 valence electrons. The molecule has 0 aliphatic heterocycles. The van der Waals surface area contributed by atoms with Gasteiger partial charge in [-0.05, 0) is 30.2 Å². The van der Waals surface area contributed by atoms with Gasteiger partial charge in [-0.1, -0.05) is 30.3 Å². The molecule has 2 aromatic carbocycles. The van der Waals surface area contributed by atoms with Crippen molar-refractivity contribution >= 4 is 34.4 Å². The van der Waals surface area contributed by atoms with Crippen LogP contribution < -0.4 is 5.32 Å². The highest BCUT2D eigenvalue weighted by atomic mass is 16.4. The minimum Gasteiger partial charge on any atom is -0.481 e. The molecule has 8 heteroatoms. The molecule has 0 fully saturated rings. The van der Waals surface area contributed by atoms with E-state index in [4.69, 9.17) is 4.42 Å². The fraction of sp³-hybridized carbons (Fsp3) is 0.200. The van der Waals surface area contributed by atoms with Gasteiger partial charge in [0.25, 0.3) is 5.91 Å². The van der Waals surface area contributed by atoms with E-state index in [-0.39, 0.29) is 17.8 Å². The second kappa shape index (κ2) is 8.38. The van der Waals surface area contributed by atoms with Crippen LogP contribution >= 0.6 is 0 Å². The molecule has 1 amide bonds. The van der Waals surface area contributed by atoms with E-state index >= 15 is 0 Å². The van der Waals surface area contributed by atoms with Crippen molar-refractivity contribution in [2.24, 2.45) is 0 Å². The Kier molecular flexibility index (Phi) is 5.26. The molecule has 0 spiro atoms. The maximum absolute atomic E-state index is 12.8. The summed E-state index contributed by atoms with van der Waals surface area (Å²) in [6.45, 7) is 0. The number of fused-ring (bicyclic) bond motifs is 2. The molecule has 5 rings (SSSR count). The lowest BCUT2D eigenvalue weighted by molar-refractivity contribution is -0.137. The average Bonchev–Trinajstić information content (AvgIpc) is 3.43. The van der Waals surface area contributed by atoms with Gasteiger partial charge in [0.2, 0.25) is 0 Å². The molecule has 0 radical (unpaired) electrons. The summed E-state index contributed by atoms with van der Waals surface area (Å²) in [6.07, 6.45) is 4.65. The van der Waals surface area contributed by atoms with Crippen molar-refractivity contribution in [1.29, 1.82) is 0 Å². The third-order valence-corrected chi connectivity index (χ3v) is 5.92. The summed E-state index contributed by atoms with van der Waals surface area (Å²) in [5.74, 6) is -0.833. The van der Waals surface area contributed by atoms with Crippen LogP contribution in [0, 0.1) is 0 Å². The van der Waals surface area contributed by atoms with Crippen molar-refractivity contribution in [2.75, 3.05) is 5.32 Å². The highest BCUT2D eigenvalue weighted by molar-refractivity contribution is 6.13. The molecule has 2 N–H and O–H groups in total. The number of furan rings is 1. The lowest BCUT2D eigenvalue weighted by Gasteiger charge is -2.18. The number of imidazole rings is 1. The predicted molar refractivity (Wildman–Crippen MR) is 120 cm³/mol. The number of carbonyl (C=O) groups is 3. The third-order valence-electron chi connectivity index (χ3n) is 5.92. The largest absolute Gasteiger partial charge is 0.481 e. The number of anilines is 1. The van der Waals surface area contributed by atoms with E-state index in [0.717, 1.165) is 17.5 Å². The summed E-state index contributed by atoms with van der Waals surface area (Å²) in [5, 5.41) is 12.3. The minimum absolute atomic E-state index is 0.0743. The first-order valence-electron chi connectivity index (χ1n) is 10.7. The van der Waals surface area contributed by atoms with Crippen LogP contribution in [-0.2, 0) is 11.2 Å². The SMILES string of the molecule is O=C(O)CC(c1ccccc1)n1cnc2cc(NC(=O)c3coc4c3C(=O)CCC4)ccc21. The van der Waals surface area contributed by atoms with Gasteiger partial charge < -0.3 is 19.4 Å². The molecule has 4 aromatic rings. The van der Waals surface area contributed by atoms with Crippen molar-refractivity contribution in [3.63, 3.8) is 0 Å². The Bertz CT molecular complexity index is 1370. The van der Waals surface area contributed by atoms with Crippen LogP contribution in [0.2, 0.25) is 0 Å². The number of nitrogens with one attached hydrogen (secondary N) is 1. The normalized spacial score (nSPS) is 14.1. The summed E-state index contributed by atoms with van der Waals surface area (Å²) in [4.78, 5) is 41.0. The number of rotatable bonds is 6. The van der Waals surface area contributed by atoms with E-state index in [9.17, 15) is 19.5 Å². The number of carboxylic acids is 1. The number of Topliss-reactive ketones (excluding diaryl/α,β-unsaturated/α-hetero) is 1. The number of carboxylic acid groups (broad SMARTS) is 1. The average molecular weight is 443 g/mol. The molecule has 2 heterocycles. The van der Waals surface area contributed by atoms with Gasteiger partial charge in [-0.3, -0.25) is 14.4 Å². The molecule has 33 heavy (non-hydrogen) atoms. The van der Waals surface area contributed by atoms with Gasteiger partial charge in [0.1, 0.15) is 12.0 Å². The van der Waals surface area contributed by atoms with E-state index in [1.165, 1.54) is 6.26 Å². The number of aromatic nitrogens is 2. The van der Waals surface area contributed by atoms with Gasteiger partial charge in [-0.2, -0.15) is 0 Å². The van der Waals surface area contributed by atoms with Gasteiger partial charge in [-0.15, -0.1) is 0 Å². The van der Waals surface area contributed by atoms with Crippen molar-refractivity contribution < 1.29 is 23.9 Å². The topological polar surface area (TPSA) is 114 Å². The molecular formula is C25H21N3O5. The fourth-order valence-electron chi connectivity index (χ4n) is 4.36. The number of ketones is 1. The van der Waals surface area contributed by atoms with Gasteiger partial charge in [0, 0.05) is 18.5 Å². The third kappa shape index (κ3) is 3.91. The van der Waals surface area contributed by atoms with Crippen LogP contribution in [-0.4, -0.2) is 32.3 Å². The summed E-state index contributed by atoms with van der Waals surface area (Å²) in [7, 11) is 0. The van der Waals surface area contributed by atoms with Crippen LogP contribution in [0.15, 0.2) is 65.5 Å². The zero-order valence-corrected chi connectivity index (χ0v) is 17.7. The summed E-state index contributed by atoms with van der Waals surface area (Å²) in [6, 6.07) is 14.2. The van der Waals surface area contributed by atoms with E-state index in [1.54, 1.807) is 24.5 Å². The number of hydrogen-bond donors (Lipinski definition) is 2. The highest BCUT2D eigenvalue weighted by Crippen LogP contribution is 2.29. The fourth-order valence-corrected chi connectivity index (χ4v) is 4.36. The molecular weight excluding hydrogens is 422 g/mol. The number of amides is 1. The summed E-state index contributed by atoms with van der Waals surface area (Å²) < 4.78 is 7.27. The van der Waals surface area contributed by atoms with E-state index in [2.05, 4.69) is 10.3 Å². The molecule has 2 aromatic heterocycles. The first kappa shape index (κ1) is 20.7. The van der Waals surface area contributed by atoms with Gasteiger partial charge >= 0.3 is 5.97 Å². The summed E-state index contributed by atoms with van der Waals surface area (Å²) in [5.41, 5.74) is 3.37. The highest BCUT2D eigenvalue weighted by Gasteiger charge is 2.28. The van der Waals surface area contributed by atoms with Gasteiger partial charge in [0.15, 0.2) is 5.78 Å². The maximum Gasteiger partial charge on any atom is 0.305 e. The summed E-state index contributed by atoms with van der Waals surface area (Å²) >= 11 is 0. The Labute approximate surface area is 188 Å². The van der Waals surface area contributed by atoms with Crippen LogP contribution in [0.3, 0.4) is 0 Å². The molecule has 0 bridgehead atoms. The number of aryl methyl sites for hydroxylation is 1. The Morgan fingerprint density at radius 3 is 2.76 bits per heavy atom. The second-order valence-corrected chi connectivity index (χ2v) is 8.06. The van der Waals surface area contributed by atoms with Crippen LogP contribution in [0.4, 0.5) is 5.69 Å².